The third kappa shape index (κ3) is 6.20. The van der Waals surface area contributed by atoms with E-state index in [2.05, 4.69) is 20.6 Å². The van der Waals surface area contributed by atoms with Gasteiger partial charge in [0.15, 0.2) is 5.96 Å². The Morgan fingerprint density at radius 2 is 1.89 bits per heavy atom. The molecule has 2 aromatic carbocycles. The van der Waals surface area contributed by atoms with Crippen LogP contribution in [0.3, 0.4) is 0 Å². The van der Waals surface area contributed by atoms with E-state index in [1.807, 2.05) is 30.3 Å². The second-order valence-electron chi connectivity index (χ2n) is 5.98. The van der Waals surface area contributed by atoms with Crippen molar-refractivity contribution in [3.8, 4) is 5.69 Å². The average Bonchev–Trinajstić information content (AvgIpc) is 3.20. The van der Waals surface area contributed by atoms with Gasteiger partial charge in [-0.15, -0.1) is 24.0 Å². The molecular weight excluding hydrogens is 492 g/mol. The van der Waals surface area contributed by atoms with Crippen LogP contribution in [0.4, 0.5) is 4.39 Å². The summed E-state index contributed by atoms with van der Waals surface area (Å²) in [4.78, 5) is 8.14. The Morgan fingerprint density at radius 1 is 1.14 bits per heavy atom. The first-order valence-electron chi connectivity index (χ1n) is 8.61. The Morgan fingerprint density at radius 3 is 2.54 bits per heavy atom. The van der Waals surface area contributed by atoms with Crippen molar-refractivity contribution < 1.29 is 4.39 Å². The quantitative estimate of drug-likeness (QED) is 0.295. The minimum absolute atomic E-state index is 0. The number of rotatable bonds is 6. The van der Waals surface area contributed by atoms with Crippen LogP contribution in [0, 0.1) is 5.82 Å². The molecule has 0 amide bonds. The van der Waals surface area contributed by atoms with Gasteiger partial charge in [-0.05, 0) is 41.8 Å². The minimum atomic E-state index is -0.294. The van der Waals surface area contributed by atoms with E-state index in [1.54, 1.807) is 36.4 Å². The van der Waals surface area contributed by atoms with Crippen LogP contribution >= 0.6 is 35.6 Å². The summed E-state index contributed by atoms with van der Waals surface area (Å²) in [7, 11) is 1.71. The molecule has 148 valence electrons. The van der Waals surface area contributed by atoms with Gasteiger partial charge in [-0.1, -0.05) is 29.8 Å². The molecule has 8 heteroatoms. The number of aliphatic imine (C=N–C) groups is 1. The molecule has 0 aliphatic heterocycles. The molecule has 0 aliphatic rings. The Labute approximate surface area is 186 Å². The van der Waals surface area contributed by atoms with E-state index in [0.717, 1.165) is 23.6 Å². The van der Waals surface area contributed by atoms with Gasteiger partial charge in [-0.3, -0.25) is 4.99 Å². The molecule has 0 saturated heterocycles. The number of nitrogens with one attached hydrogen (secondary N) is 2. The highest BCUT2D eigenvalue weighted by Crippen LogP contribution is 2.15. The molecule has 0 bridgehead atoms. The van der Waals surface area contributed by atoms with Crippen LogP contribution in [0.1, 0.15) is 11.1 Å². The van der Waals surface area contributed by atoms with Gasteiger partial charge in [0.2, 0.25) is 0 Å². The van der Waals surface area contributed by atoms with Crippen molar-refractivity contribution in [2.24, 2.45) is 4.99 Å². The van der Waals surface area contributed by atoms with Gasteiger partial charge in [0.05, 0.1) is 12.0 Å². The molecule has 1 aromatic heterocycles. The molecule has 0 aliphatic carbocycles. The summed E-state index contributed by atoms with van der Waals surface area (Å²) in [5, 5.41) is 7.18. The summed E-state index contributed by atoms with van der Waals surface area (Å²) < 4.78 is 15.9. The maximum absolute atomic E-state index is 14.3. The summed E-state index contributed by atoms with van der Waals surface area (Å²) in [6.45, 7) is 1.21. The summed E-state index contributed by atoms with van der Waals surface area (Å²) >= 11 is 5.89. The number of imidazole rings is 1. The van der Waals surface area contributed by atoms with E-state index in [9.17, 15) is 4.39 Å². The zero-order valence-corrected chi connectivity index (χ0v) is 18.5. The molecule has 0 atom stereocenters. The van der Waals surface area contributed by atoms with Crippen molar-refractivity contribution in [1.29, 1.82) is 0 Å². The van der Waals surface area contributed by atoms with Crippen LogP contribution in [0.15, 0.2) is 66.2 Å². The Kier molecular flexibility index (Phi) is 8.72. The van der Waals surface area contributed by atoms with Crippen molar-refractivity contribution in [1.82, 2.24) is 20.2 Å². The molecule has 0 radical (unpaired) electrons. The van der Waals surface area contributed by atoms with Crippen molar-refractivity contribution in [2.75, 3.05) is 13.6 Å². The predicted octanol–water partition coefficient (Wildman–Crippen LogP) is 4.19. The molecule has 28 heavy (non-hydrogen) atoms. The molecule has 3 aromatic rings. The number of hydrogen-bond acceptors (Lipinski definition) is 2. The fraction of sp³-hybridized carbons (Fsp3) is 0.200. The Bertz CT molecular complexity index is 897. The number of guanidine groups is 1. The van der Waals surface area contributed by atoms with Gasteiger partial charge in [-0.2, -0.15) is 0 Å². The third-order valence-corrected chi connectivity index (χ3v) is 4.35. The van der Waals surface area contributed by atoms with Gasteiger partial charge >= 0.3 is 0 Å². The largest absolute Gasteiger partial charge is 0.356 e. The fourth-order valence-corrected chi connectivity index (χ4v) is 2.78. The normalized spacial score (nSPS) is 11.0. The van der Waals surface area contributed by atoms with Crippen molar-refractivity contribution in [3.63, 3.8) is 0 Å². The fourth-order valence-electron chi connectivity index (χ4n) is 2.65. The highest BCUT2D eigenvalue weighted by Gasteiger charge is 2.06. The van der Waals surface area contributed by atoms with Crippen LogP contribution < -0.4 is 10.6 Å². The smallest absolute Gasteiger partial charge is 0.191 e. The van der Waals surface area contributed by atoms with Gasteiger partial charge < -0.3 is 15.2 Å². The molecule has 0 saturated carbocycles. The molecular formula is C20H22ClFIN5. The molecule has 0 spiro atoms. The lowest BCUT2D eigenvalue weighted by molar-refractivity contribution is 0.615. The third-order valence-electron chi connectivity index (χ3n) is 4.10. The zero-order valence-electron chi connectivity index (χ0n) is 15.4. The second-order valence-corrected chi connectivity index (χ2v) is 6.42. The van der Waals surface area contributed by atoms with E-state index in [4.69, 9.17) is 11.6 Å². The van der Waals surface area contributed by atoms with Gasteiger partial charge in [0.25, 0.3) is 0 Å². The predicted molar refractivity (Wildman–Crippen MR) is 122 cm³/mol. The summed E-state index contributed by atoms with van der Waals surface area (Å²) in [6.07, 6.45) is 5.76. The molecule has 2 N–H and O–H groups in total. The molecule has 5 nitrogen and oxygen atoms in total. The highest BCUT2D eigenvalue weighted by atomic mass is 127. The lowest BCUT2D eigenvalue weighted by Gasteiger charge is -2.13. The standard InChI is InChI=1S/C20H21ClFN5.HI/c1-23-20(25-9-8-15-2-5-17(21)6-3-15)26-13-16-4-7-19(18(22)12-16)27-11-10-24-14-27;/h2-7,10-12,14H,8-9,13H2,1H3,(H2,23,25,26);1H. The molecule has 0 unspecified atom stereocenters. The van der Waals surface area contributed by atoms with E-state index in [0.29, 0.717) is 18.2 Å². The Hall–Kier alpha value is -2.13. The second kappa shape index (κ2) is 11.0. The zero-order chi connectivity index (χ0) is 19.1. The van der Waals surface area contributed by atoms with Crippen LogP contribution in [0.5, 0.6) is 0 Å². The van der Waals surface area contributed by atoms with Gasteiger partial charge in [-0.25, -0.2) is 9.37 Å². The van der Waals surface area contributed by atoms with E-state index in [1.165, 1.54) is 11.6 Å². The molecule has 1 heterocycles. The SMILES string of the molecule is CN=C(NCCc1ccc(Cl)cc1)NCc1ccc(-n2ccnc2)c(F)c1.I. The van der Waals surface area contributed by atoms with Crippen molar-refractivity contribution in [2.45, 2.75) is 13.0 Å². The van der Waals surface area contributed by atoms with Crippen LogP contribution in [0.25, 0.3) is 5.69 Å². The first-order chi connectivity index (χ1) is 13.2. The lowest BCUT2D eigenvalue weighted by Crippen LogP contribution is -2.37. The van der Waals surface area contributed by atoms with Crippen molar-refractivity contribution >= 4 is 41.5 Å². The van der Waals surface area contributed by atoms with Crippen molar-refractivity contribution in [3.05, 3.63) is 83.2 Å². The van der Waals surface area contributed by atoms with Gasteiger partial charge in [0, 0.05) is 37.6 Å². The first kappa shape index (κ1) is 22.2. The monoisotopic (exact) mass is 513 g/mol. The van der Waals surface area contributed by atoms with Gasteiger partial charge in [0.1, 0.15) is 5.82 Å². The lowest BCUT2D eigenvalue weighted by atomic mass is 10.1. The number of benzene rings is 2. The number of nitrogens with zero attached hydrogens (tertiary/aromatic N) is 3. The Balaban J connectivity index is 0.00000280. The number of halogens is 3. The number of aromatic nitrogens is 2. The van der Waals surface area contributed by atoms with E-state index in [-0.39, 0.29) is 29.8 Å². The topological polar surface area (TPSA) is 54.2 Å². The van der Waals surface area contributed by atoms with Crippen LogP contribution in [-0.4, -0.2) is 29.1 Å². The molecule has 3 rings (SSSR count). The summed E-state index contributed by atoms with van der Waals surface area (Å²) in [5.74, 6) is 0.376. The highest BCUT2D eigenvalue weighted by molar-refractivity contribution is 14.0. The molecule has 0 fully saturated rings. The van der Waals surface area contributed by atoms with E-state index < -0.39 is 0 Å². The maximum Gasteiger partial charge on any atom is 0.191 e. The van der Waals surface area contributed by atoms with Crippen LogP contribution in [-0.2, 0) is 13.0 Å². The van der Waals surface area contributed by atoms with Crippen LogP contribution in [0.2, 0.25) is 5.02 Å². The maximum atomic E-state index is 14.3. The average molecular weight is 514 g/mol. The first-order valence-corrected chi connectivity index (χ1v) is 8.99. The summed E-state index contributed by atoms with van der Waals surface area (Å²) in [5.41, 5.74) is 2.50. The minimum Gasteiger partial charge on any atom is -0.356 e. The number of hydrogen-bond donors (Lipinski definition) is 2. The summed E-state index contributed by atoms with van der Waals surface area (Å²) in [6, 6.07) is 12.9. The van der Waals surface area contributed by atoms with E-state index >= 15 is 0 Å².